The summed E-state index contributed by atoms with van der Waals surface area (Å²) in [6.07, 6.45) is 7.06. The molecular weight excluding hydrogens is 391 g/mol. The van der Waals surface area contributed by atoms with Crippen LogP contribution in [0, 0.1) is 11.7 Å². The second-order valence-electron chi connectivity index (χ2n) is 8.11. The predicted octanol–water partition coefficient (Wildman–Crippen LogP) is 2.66. The summed E-state index contributed by atoms with van der Waals surface area (Å²) in [5.74, 6) is -0.256. The highest BCUT2D eigenvalue weighted by Crippen LogP contribution is 2.43. The number of hydrogen-bond donors (Lipinski definition) is 2. The van der Waals surface area contributed by atoms with Gasteiger partial charge in [-0.25, -0.2) is 9.49 Å². The molecule has 152 valence electrons. The van der Waals surface area contributed by atoms with Crippen molar-refractivity contribution in [1.82, 2.24) is 15.2 Å². The van der Waals surface area contributed by atoms with Crippen molar-refractivity contribution in [1.29, 1.82) is 0 Å². The van der Waals surface area contributed by atoms with E-state index in [-0.39, 0.29) is 29.3 Å². The summed E-state index contributed by atoms with van der Waals surface area (Å²) in [5.41, 5.74) is 2.46. The van der Waals surface area contributed by atoms with Gasteiger partial charge in [-0.05, 0) is 47.5 Å². The summed E-state index contributed by atoms with van der Waals surface area (Å²) >= 11 is 0. The summed E-state index contributed by atoms with van der Waals surface area (Å²) in [7, 11) is 0. The summed E-state index contributed by atoms with van der Waals surface area (Å²) in [4.78, 5) is 16.9. The van der Waals surface area contributed by atoms with E-state index >= 15 is 0 Å². The van der Waals surface area contributed by atoms with Crippen LogP contribution in [0.25, 0.3) is 22.9 Å². The number of aromatic nitrogens is 3. The van der Waals surface area contributed by atoms with Gasteiger partial charge in [0.1, 0.15) is 5.82 Å². The van der Waals surface area contributed by atoms with Crippen LogP contribution in [0.1, 0.15) is 23.6 Å². The zero-order valence-corrected chi connectivity index (χ0v) is 16.5. The minimum absolute atomic E-state index is 0.0217. The molecule has 3 heterocycles. The molecule has 1 aliphatic heterocycles. The Bertz CT molecular complexity index is 1490. The Morgan fingerprint density at radius 1 is 1.03 bits per heavy atom. The third kappa shape index (κ3) is 2.86. The Kier molecular flexibility index (Phi) is 3.99. The molecule has 6 rings (SSSR count). The fourth-order valence-electron chi connectivity index (χ4n) is 4.95. The molecule has 2 N–H and O–H groups in total. The largest absolute Gasteiger partial charge is 0.380 e. The van der Waals surface area contributed by atoms with Crippen molar-refractivity contribution in [3.63, 3.8) is 0 Å². The molecule has 0 saturated carbocycles. The number of pyridine rings is 1. The Balaban J connectivity index is 1.57. The number of nitrogens with zero attached hydrogens (tertiary/aromatic N) is 2. The monoisotopic (exact) mass is 410 g/mol. The quantitative estimate of drug-likeness (QED) is 0.533. The molecule has 0 spiro atoms. The topological polar surface area (TPSA) is 70.7 Å². The second kappa shape index (κ2) is 6.87. The summed E-state index contributed by atoms with van der Waals surface area (Å²) in [5, 5.41) is 14.4. The van der Waals surface area contributed by atoms with Crippen LogP contribution >= 0.6 is 0 Å². The van der Waals surface area contributed by atoms with Gasteiger partial charge in [-0.1, -0.05) is 36.4 Å². The van der Waals surface area contributed by atoms with Crippen molar-refractivity contribution in [3.8, 4) is 0 Å². The Labute approximate surface area is 177 Å². The molecule has 0 saturated heterocycles. The van der Waals surface area contributed by atoms with Gasteiger partial charge in [0, 0.05) is 35.1 Å². The standard InChI is InChI=1S/C25H19FN4O/c26-17-9-6-14(7-10-17)21-23(16-8-11-19-15(13-16)3-2-12-27-19)28-20-5-1-4-18-22(20)24(21)29-30-25(18)31/h1-7,9-13,16,21,23,28H,8H2,(H,30,31). The molecular formula is C25H19FN4O. The molecule has 3 atom stereocenters. The molecule has 0 bridgehead atoms. The van der Waals surface area contributed by atoms with Crippen molar-refractivity contribution < 1.29 is 4.39 Å². The number of aromatic amines is 1. The van der Waals surface area contributed by atoms with Crippen LogP contribution in [-0.4, -0.2) is 21.2 Å². The van der Waals surface area contributed by atoms with Crippen molar-refractivity contribution in [2.45, 2.75) is 18.4 Å². The number of benzene rings is 2. The zero-order valence-electron chi connectivity index (χ0n) is 16.5. The fraction of sp³-hybridized carbons (Fsp3) is 0.160. The van der Waals surface area contributed by atoms with E-state index in [1.807, 2.05) is 36.4 Å². The van der Waals surface area contributed by atoms with E-state index in [9.17, 15) is 9.18 Å². The van der Waals surface area contributed by atoms with E-state index in [4.69, 9.17) is 0 Å². The van der Waals surface area contributed by atoms with Crippen LogP contribution in [0.15, 0.2) is 65.6 Å². The van der Waals surface area contributed by atoms with E-state index in [1.165, 1.54) is 12.1 Å². The van der Waals surface area contributed by atoms with Crippen LogP contribution in [0.4, 0.5) is 10.1 Å². The minimum atomic E-state index is -0.276. The van der Waals surface area contributed by atoms with Crippen LogP contribution < -0.4 is 21.4 Å². The maximum absolute atomic E-state index is 13.7. The molecule has 0 radical (unpaired) electrons. The Morgan fingerprint density at radius 2 is 1.90 bits per heavy atom. The first-order valence-corrected chi connectivity index (χ1v) is 10.4. The van der Waals surface area contributed by atoms with Gasteiger partial charge < -0.3 is 5.32 Å². The van der Waals surface area contributed by atoms with Gasteiger partial charge in [0.25, 0.3) is 5.56 Å². The van der Waals surface area contributed by atoms with E-state index in [0.717, 1.165) is 39.3 Å². The number of nitrogens with one attached hydrogen (secondary N) is 2. The van der Waals surface area contributed by atoms with E-state index in [1.54, 1.807) is 6.20 Å². The lowest BCUT2D eigenvalue weighted by Crippen LogP contribution is -2.42. The van der Waals surface area contributed by atoms with Crippen molar-refractivity contribution in [2.75, 3.05) is 5.32 Å². The van der Waals surface area contributed by atoms with Gasteiger partial charge in [-0.3, -0.25) is 9.78 Å². The van der Waals surface area contributed by atoms with Crippen LogP contribution in [-0.2, 0) is 0 Å². The molecule has 31 heavy (non-hydrogen) atoms. The number of fused-ring (bicyclic) bond motifs is 1. The Morgan fingerprint density at radius 3 is 2.77 bits per heavy atom. The lowest BCUT2D eigenvalue weighted by Gasteiger charge is -2.38. The van der Waals surface area contributed by atoms with Crippen LogP contribution in [0.5, 0.6) is 0 Å². The second-order valence-corrected chi connectivity index (χ2v) is 8.11. The predicted molar refractivity (Wildman–Crippen MR) is 119 cm³/mol. The van der Waals surface area contributed by atoms with Gasteiger partial charge in [-0.2, -0.15) is 5.10 Å². The average molecular weight is 410 g/mol. The molecule has 0 amide bonds. The number of H-pyrrole nitrogens is 1. The number of rotatable bonds is 2. The van der Waals surface area contributed by atoms with Gasteiger partial charge in [0.15, 0.2) is 0 Å². The lowest BCUT2D eigenvalue weighted by molar-refractivity contribution is 0.501. The van der Waals surface area contributed by atoms with E-state index in [2.05, 4.69) is 38.7 Å². The molecule has 0 fully saturated rings. The molecule has 2 aromatic heterocycles. The maximum atomic E-state index is 13.7. The first-order valence-electron chi connectivity index (χ1n) is 10.4. The summed E-state index contributed by atoms with van der Waals surface area (Å²) in [6.45, 7) is 0. The summed E-state index contributed by atoms with van der Waals surface area (Å²) in [6, 6.07) is 16.3. The lowest BCUT2D eigenvalue weighted by atomic mass is 9.75. The van der Waals surface area contributed by atoms with Gasteiger partial charge in [0.05, 0.1) is 16.4 Å². The number of halogens is 1. The first-order chi connectivity index (χ1) is 15.2. The summed E-state index contributed by atoms with van der Waals surface area (Å²) < 4.78 is 13.7. The van der Waals surface area contributed by atoms with Gasteiger partial charge >= 0.3 is 0 Å². The molecule has 2 aromatic carbocycles. The molecule has 2 aliphatic rings. The molecule has 1 aliphatic carbocycles. The zero-order chi connectivity index (χ0) is 20.9. The number of hydrogen-bond acceptors (Lipinski definition) is 4. The first kappa shape index (κ1) is 18.0. The third-order valence-electron chi connectivity index (χ3n) is 6.36. The number of anilines is 1. The highest BCUT2D eigenvalue weighted by molar-refractivity contribution is 5.97. The van der Waals surface area contributed by atoms with E-state index < -0.39 is 0 Å². The van der Waals surface area contributed by atoms with E-state index in [0.29, 0.717) is 5.39 Å². The molecule has 4 aromatic rings. The highest BCUT2D eigenvalue weighted by atomic mass is 19.1. The molecule has 5 nitrogen and oxygen atoms in total. The van der Waals surface area contributed by atoms with Crippen LogP contribution in [0.2, 0.25) is 0 Å². The van der Waals surface area contributed by atoms with Gasteiger partial charge in [0.2, 0.25) is 0 Å². The van der Waals surface area contributed by atoms with Crippen molar-refractivity contribution in [2.24, 2.45) is 5.92 Å². The fourth-order valence-corrected chi connectivity index (χ4v) is 4.95. The minimum Gasteiger partial charge on any atom is -0.380 e. The Hall–Kier alpha value is -3.80. The maximum Gasteiger partial charge on any atom is 0.272 e. The molecule has 6 heteroatoms. The SMILES string of the molecule is O=c1[nH]nc2c3c(cccc13)NC(C1C=c3cccnc3=CC1)C2c1ccc(F)cc1. The third-order valence-corrected chi connectivity index (χ3v) is 6.36. The smallest absolute Gasteiger partial charge is 0.272 e. The van der Waals surface area contributed by atoms with Crippen molar-refractivity contribution in [3.05, 3.63) is 98.8 Å². The average Bonchev–Trinajstić information content (AvgIpc) is 2.81. The molecule has 3 unspecified atom stereocenters. The van der Waals surface area contributed by atoms with Crippen molar-refractivity contribution >= 4 is 28.6 Å². The van der Waals surface area contributed by atoms with Gasteiger partial charge in [-0.15, -0.1) is 0 Å². The normalized spacial score (nSPS) is 21.5. The highest BCUT2D eigenvalue weighted by Gasteiger charge is 2.37. The van der Waals surface area contributed by atoms with Crippen LogP contribution in [0.3, 0.4) is 0 Å².